The van der Waals surface area contributed by atoms with Gasteiger partial charge in [-0.3, -0.25) is 0 Å². The predicted octanol–water partition coefficient (Wildman–Crippen LogP) is 1.14. The summed E-state index contributed by atoms with van der Waals surface area (Å²) in [5.74, 6) is 1.45. The molecule has 4 rings (SSSR count). The molecular formula is C18H22N2O5. The van der Waals surface area contributed by atoms with Gasteiger partial charge in [0.2, 0.25) is 0 Å². The van der Waals surface area contributed by atoms with Crippen LogP contribution in [0.1, 0.15) is 18.5 Å². The Bertz CT molecular complexity index is 747. The molecule has 25 heavy (non-hydrogen) atoms. The van der Waals surface area contributed by atoms with Gasteiger partial charge in [0.15, 0.2) is 0 Å². The second-order valence-electron chi connectivity index (χ2n) is 6.30. The van der Waals surface area contributed by atoms with Crippen molar-refractivity contribution in [3.63, 3.8) is 0 Å². The van der Waals surface area contributed by atoms with E-state index in [2.05, 4.69) is 4.98 Å². The average Bonchev–Trinajstić information content (AvgIpc) is 3.33. The van der Waals surface area contributed by atoms with Crippen LogP contribution in [0.2, 0.25) is 0 Å². The fraction of sp³-hybridized carbons (Fsp3) is 0.500. The summed E-state index contributed by atoms with van der Waals surface area (Å²) in [5.41, 5.74) is 1.61. The Morgan fingerprint density at radius 1 is 1.28 bits per heavy atom. The molecule has 4 atom stereocenters. The Labute approximate surface area is 145 Å². The van der Waals surface area contributed by atoms with Gasteiger partial charge in [-0.15, -0.1) is 0 Å². The van der Waals surface area contributed by atoms with Crippen LogP contribution in [0, 0.1) is 0 Å². The molecule has 1 aromatic heterocycles. The first-order chi connectivity index (χ1) is 12.2. The number of aliphatic hydroxyl groups is 2. The largest absolute Gasteiger partial charge is 0.494 e. The van der Waals surface area contributed by atoms with E-state index in [4.69, 9.17) is 14.2 Å². The molecule has 0 unspecified atom stereocenters. The molecule has 0 spiro atoms. The lowest BCUT2D eigenvalue weighted by molar-refractivity contribution is 0.0172. The third-order valence-electron chi connectivity index (χ3n) is 4.82. The Hall–Kier alpha value is -1.93. The molecule has 7 nitrogen and oxygen atoms in total. The maximum atomic E-state index is 9.93. The molecule has 0 amide bonds. The van der Waals surface area contributed by atoms with E-state index in [1.807, 2.05) is 35.9 Å². The van der Waals surface area contributed by atoms with Crippen LogP contribution < -0.4 is 4.74 Å². The SMILES string of the molecule is CCOc1ccc(-c2nccn2[C@@H]2CO[C@H]3[C@@H]2OC[C@H]3O)cc1CO. The van der Waals surface area contributed by atoms with Crippen molar-refractivity contribution in [3.05, 3.63) is 36.2 Å². The number of rotatable bonds is 5. The third-order valence-corrected chi connectivity index (χ3v) is 4.82. The second-order valence-corrected chi connectivity index (χ2v) is 6.30. The van der Waals surface area contributed by atoms with Gasteiger partial charge in [0.1, 0.15) is 29.9 Å². The van der Waals surface area contributed by atoms with Crippen molar-refractivity contribution in [2.24, 2.45) is 0 Å². The monoisotopic (exact) mass is 346 g/mol. The molecule has 7 heteroatoms. The quantitative estimate of drug-likeness (QED) is 0.844. The van der Waals surface area contributed by atoms with E-state index in [-0.39, 0.29) is 24.9 Å². The van der Waals surface area contributed by atoms with Crippen LogP contribution in [0.5, 0.6) is 5.75 Å². The van der Waals surface area contributed by atoms with Crippen molar-refractivity contribution < 1.29 is 24.4 Å². The van der Waals surface area contributed by atoms with E-state index in [1.165, 1.54) is 0 Å². The van der Waals surface area contributed by atoms with Crippen molar-refractivity contribution in [2.45, 2.75) is 37.9 Å². The Kier molecular flexibility index (Phi) is 4.47. The van der Waals surface area contributed by atoms with E-state index in [0.29, 0.717) is 25.6 Å². The van der Waals surface area contributed by atoms with Crippen LogP contribution in [0.25, 0.3) is 11.4 Å². The number of fused-ring (bicyclic) bond motifs is 1. The van der Waals surface area contributed by atoms with Crippen molar-refractivity contribution >= 4 is 0 Å². The third kappa shape index (κ3) is 2.83. The van der Waals surface area contributed by atoms with Gasteiger partial charge in [0, 0.05) is 23.5 Å². The van der Waals surface area contributed by atoms with Crippen molar-refractivity contribution in [3.8, 4) is 17.1 Å². The van der Waals surface area contributed by atoms with Crippen molar-refractivity contribution in [1.29, 1.82) is 0 Å². The standard InChI is InChI=1S/C18H22N2O5/c1-2-23-15-4-3-11(7-12(15)8-21)18-19-5-6-20(18)13-9-24-17-14(22)10-25-16(13)17/h3-7,13-14,16-17,21-22H,2,8-10H2,1H3/t13-,14-,16-,17-/m1/s1. The molecule has 2 N–H and O–H groups in total. The number of aliphatic hydroxyl groups excluding tert-OH is 2. The lowest BCUT2D eigenvalue weighted by Crippen LogP contribution is -2.30. The van der Waals surface area contributed by atoms with Crippen LogP contribution in [-0.2, 0) is 16.1 Å². The maximum absolute atomic E-state index is 9.93. The zero-order chi connectivity index (χ0) is 17.4. The van der Waals surface area contributed by atoms with E-state index in [9.17, 15) is 10.2 Å². The number of hydrogen-bond acceptors (Lipinski definition) is 6. The first-order valence-electron chi connectivity index (χ1n) is 8.54. The summed E-state index contributed by atoms with van der Waals surface area (Å²) in [7, 11) is 0. The molecule has 2 aromatic rings. The zero-order valence-electron chi connectivity index (χ0n) is 14.0. The summed E-state index contributed by atoms with van der Waals surface area (Å²) < 4.78 is 19.0. The molecule has 2 aliphatic heterocycles. The van der Waals surface area contributed by atoms with Gasteiger partial charge in [-0.05, 0) is 25.1 Å². The second kappa shape index (κ2) is 6.76. The summed E-state index contributed by atoms with van der Waals surface area (Å²) in [4.78, 5) is 4.48. The molecule has 0 saturated carbocycles. The van der Waals surface area contributed by atoms with E-state index < -0.39 is 6.10 Å². The predicted molar refractivity (Wildman–Crippen MR) is 89.3 cm³/mol. The molecule has 2 fully saturated rings. The molecule has 3 heterocycles. The highest BCUT2D eigenvalue weighted by Gasteiger charge is 2.48. The van der Waals surface area contributed by atoms with E-state index in [0.717, 1.165) is 17.0 Å². The van der Waals surface area contributed by atoms with Gasteiger partial charge in [0.05, 0.1) is 32.5 Å². The van der Waals surface area contributed by atoms with Gasteiger partial charge in [-0.1, -0.05) is 0 Å². The number of nitrogens with zero attached hydrogens (tertiary/aromatic N) is 2. The van der Waals surface area contributed by atoms with Crippen LogP contribution in [-0.4, -0.2) is 57.9 Å². The summed E-state index contributed by atoms with van der Waals surface area (Å²) in [6.45, 7) is 3.13. The van der Waals surface area contributed by atoms with Gasteiger partial charge in [-0.25, -0.2) is 4.98 Å². The highest BCUT2D eigenvalue weighted by Crippen LogP contribution is 2.37. The van der Waals surface area contributed by atoms with Gasteiger partial charge < -0.3 is 29.0 Å². The number of benzene rings is 1. The summed E-state index contributed by atoms with van der Waals surface area (Å²) in [6.07, 6.45) is 2.60. The number of aromatic nitrogens is 2. The minimum atomic E-state index is -0.576. The maximum Gasteiger partial charge on any atom is 0.140 e. The van der Waals surface area contributed by atoms with Crippen LogP contribution in [0.15, 0.2) is 30.6 Å². The fourth-order valence-corrected chi connectivity index (χ4v) is 3.64. The number of hydrogen-bond donors (Lipinski definition) is 2. The first kappa shape index (κ1) is 16.5. The van der Waals surface area contributed by atoms with Gasteiger partial charge in [0.25, 0.3) is 0 Å². The molecule has 0 aliphatic carbocycles. The summed E-state index contributed by atoms with van der Waals surface area (Å²) in [5, 5.41) is 19.6. The van der Waals surface area contributed by atoms with Crippen molar-refractivity contribution in [1.82, 2.24) is 9.55 Å². The summed E-state index contributed by atoms with van der Waals surface area (Å²) in [6, 6.07) is 5.64. The number of imidazole rings is 1. The highest BCUT2D eigenvalue weighted by molar-refractivity contribution is 5.59. The smallest absolute Gasteiger partial charge is 0.140 e. The van der Waals surface area contributed by atoms with Crippen LogP contribution in [0.3, 0.4) is 0 Å². The Morgan fingerprint density at radius 3 is 2.92 bits per heavy atom. The zero-order valence-corrected chi connectivity index (χ0v) is 14.0. The minimum absolute atomic E-state index is 0.0382. The molecule has 134 valence electrons. The molecule has 1 aromatic carbocycles. The van der Waals surface area contributed by atoms with Crippen LogP contribution >= 0.6 is 0 Å². The fourth-order valence-electron chi connectivity index (χ4n) is 3.64. The molecule has 2 saturated heterocycles. The van der Waals surface area contributed by atoms with Gasteiger partial charge >= 0.3 is 0 Å². The lowest BCUT2D eigenvalue weighted by Gasteiger charge is -2.20. The summed E-state index contributed by atoms with van der Waals surface area (Å²) >= 11 is 0. The number of ether oxygens (including phenoxy) is 3. The topological polar surface area (TPSA) is 86.0 Å². The first-order valence-corrected chi connectivity index (χ1v) is 8.54. The minimum Gasteiger partial charge on any atom is -0.494 e. The average molecular weight is 346 g/mol. The van der Waals surface area contributed by atoms with E-state index in [1.54, 1.807) is 6.20 Å². The Balaban J connectivity index is 1.66. The molecular weight excluding hydrogens is 324 g/mol. The van der Waals surface area contributed by atoms with Crippen molar-refractivity contribution in [2.75, 3.05) is 19.8 Å². The molecule has 0 bridgehead atoms. The van der Waals surface area contributed by atoms with E-state index >= 15 is 0 Å². The van der Waals surface area contributed by atoms with Crippen LogP contribution in [0.4, 0.5) is 0 Å². The lowest BCUT2D eigenvalue weighted by atomic mass is 10.1. The normalized spacial score (nSPS) is 28.3. The van der Waals surface area contributed by atoms with Gasteiger partial charge in [-0.2, -0.15) is 0 Å². The molecule has 2 aliphatic rings. The highest BCUT2D eigenvalue weighted by atomic mass is 16.6. The Morgan fingerprint density at radius 2 is 2.12 bits per heavy atom. The molecule has 0 radical (unpaired) electrons.